The van der Waals surface area contributed by atoms with Gasteiger partial charge >= 0.3 is 11.7 Å². The van der Waals surface area contributed by atoms with Crippen molar-refractivity contribution in [2.24, 2.45) is 0 Å². The van der Waals surface area contributed by atoms with Crippen LogP contribution in [0.5, 0.6) is 11.5 Å². The molecule has 2 aromatic rings. The second kappa shape index (κ2) is 7.65. The van der Waals surface area contributed by atoms with E-state index < -0.39 is 16.8 Å². The smallest absolute Gasteiger partial charge is 0.311 e. The molecule has 0 heterocycles. The molecule has 132 valence electrons. The summed E-state index contributed by atoms with van der Waals surface area (Å²) in [6.45, 7) is 1.83. The molecule has 0 bridgehead atoms. The minimum atomic E-state index is -0.997. The highest BCUT2D eigenvalue weighted by Crippen LogP contribution is 2.31. The molecule has 1 N–H and O–H groups in total. The van der Waals surface area contributed by atoms with Crippen LogP contribution in [0, 0.1) is 17.0 Å². The van der Waals surface area contributed by atoms with Crippen LogP contribution in [0.2, 0.25) is 0 Å². The number of nitro benzene ring substituents is 1. The topological polar surface area (TPSA) is 98.9 Å². The first kappa shape index (κ1) is 18.3. The fourth-order valence-corrected chi connectivity index (χ4v) is 2.71. The molecule has 0 saturated carbocycles. The molecule has 0 aliphatic carbocycles. The van der Waals surface area contributed by atoms with Gasteiger partial charge in [0, 0.05) is 6.07 Å². The zero-order valence-corrected chi connectivity index (χ0v) is 14.2. The summed E-state index contributed by atoms with van der Waals surface area (Å²) in [5.41, 5.74) is 1.81. The third kappa shape index (κ3) is 4.06. The van der Waals surface area contributed by atoms with E-state index in [1.54, 1.807) is 31.4 Å². The number of rotatable bonds is 7. The Labute approximate surface area is 145 Å². The van der Waals surface area contributed by atoms with E-state index >= 15 is 0 Å². The number of nitrogens with zero attached hydrogens (tertiary/aromatic N) is 1. The number of ether oxygens (including phenoxy) is 2. The molecule has 1 atom stereocenters. The lowest BCUT2D eigenvalue weighted by Crippen LogP contribution is -2.15. The molecule has 7 nitrogen and oxygen atoms in total. The molecular weight excluding hydrogens is 326 g/mol. The Hall–Kier alpha value is -3.09. The summed E-state index contributed by atoms with van der Waals surface area (Å²) in [4.78, 5) is 22.3. The normalized spacial score (nSPS) is 11.6. The lowest BCUT2D eigenvalue weighted by atomic mass is 9.90. The number of carboxylic acids is 1. The Morgan fingerprint density at radius 3 is 2.32 bits per heavy atom. The fourth-order valence-electron chi connectivity index (χ4n) is 2.71. The van der Waals surface area contributed by atoms with Crippen LogP contribution in [0.3, 0.4) is 0 Å². The van der Waals surface area contributed by atoms with Crippen molar-refractivity contribution in [1.82, 2.24) is 0 Å². The van der Waals surface area contributed by atoms with Crippen LogP contribution in [-0.2, 0) is 11.2 Å². The SMILES string of the molecule is COc1ccc(C(Cc2ccc(OC)c([N+](=O)[O-])c2)C(=O)O)cc1C. The van der Waals surface area contributed by atoms with Gasteiger partial charge in [0.15, 0.2) is 5.75 Å². The zero-order valence-electron chi connectivity index (χ0n) is 14.2. The van der Waals surface area contributed by atoms with Crippen molar-refractivity contribution < 1.29 is 24.3 Å². The second-order valence-electron chi connectivity index (χ2n) is 5.59. The van der Waals surface area contributed by atoms with E-state index in [-0.39, 0.29) is 17.9 Å². The standard InChI is InChI=1S/C18H19NO6/c1-11-8-13(5-7-16(11)24-2)14(18(20)21)9-12-4-6-17(25-3)15(10-12)19(22)23/h4-8,10,14H,9H2,1-3H3,(H,20,21). The number of nitro groups is 1. The number of aryl methyl sites for hydroxylation is 1. The average Bonchev–Trinajstić information content (AvgIpc) is 2.59. The maximum absolute atomic E-state index is 11.7. The number of methoxy groups -OCH3 is 2. The molecule has 0 fully saturated rings. The molecular formula is C18H19NO6. The third-order valence-electron chi connectivity index (χ3n) is 4.00. The van der Waals surface area contributed by atoms with Crippen molar-refractivity contribution >= 4 is 11.7 Å². The molecule has 2 rings (SSSR count). The Morgan fingerprint density at radius 2 is 1.80 bits per heavy atom. The number of hydrogen-bond donors (Lipinski definition) is 1. The van der Waals surface area contributed by atoms with Gasteiger partial charge in [-0.25, -0.2) is 0 Å². The minimum Gasteiger partial charge on any atom is -0.496 e. The van der Waals surface area contributed by atoms with Gasteiger partial charge in [-0.05, 0) is 42.2 Å². The van der Waals surface area contributed by atoms with Crippen LogP contribution >= 0.6 is 0 Å². The highest BCUT2D eigenvalue weighted by Gasteiger charge is 2.23. The zero-order chi connectivity index (χ0) is 18.6. The maximum Gasteiger partial charge on any atom is 0.311 e. The Kier molecular flexibility index (Phi) is 5.59. The van der Waals surface area contributed by atoms with Gasteiger partial charge in [-0.2, -0.15) is 0 Å². The molecule has 0 amide bonds. The van der Waals surface area contributed by atoms with E-state index in [9.17, 15) is 20.0 Å². The predicted molar refractivity (Wildman–Crippen MR) is 91.5 cm³/mol. The quantitative estimate of drug-likeness (QED) is 0.610. The number of aliphatic carboxylic acids is 1. The highest BCUT2D eigenvalue weighted by molar-refractivity contribution is 5.77. The molecule has 0 spiro atoms. The molecule has 0 aliphatic heterocycles. The van der Waals surface area contributed by atoms with Crippen LogP contribution < -0.4 is 9.47 Å². The molecule has 25 heavy (non-hydrogen) atoms. The molecule has 0 aromatic heterocycles. The molecule has 2 aromatic carbocycles. The van der Waals surface area contributed by atoms with Crippen LogP contribution in [0.25, 0.3) is 0 Å². The molecule has 0 radical (unpaired) electrons. The Balaban J connectivity index is 2.37. The van der Waals surface area contributed by atoms with Gasteiger partial charge in [0.1, 0.15) is 5.75 Å². The van der Waals surface area contributed by atoms with Crippen molar-refractivity contribution in [3.63, 3.8) is 0 Å². The van der Waals surface area contributed by atoms with Crippen LogP contribution in [-0.4, -0.2) is 30.2 Å². The first-order valence-corrected chi connectivity index (χ1v) is 7.56. The summed E-state index contributed by atoms with van der Waals surface area (Å²) >= 11 is 0. The monoisotopic (exact) mass is 345 g/mol. The fraction of sp³-hybridized carbons (Fsp3) is 0.278. The molecule has 0 saturated heterocycles. The van der Waals surface area contributed by atoms with E-state index in [2.05, 4.69) is 0 Å². The van der Waals surface area contributed by atoms with E-state index in [0.717, 1.165) is 5.56 Å². The van der Waals surface area contributed by atoms with Gasteiger partial charge in [0.05, 0.1) is 25.1 Å². The lowest BCUT2D eigenvalue weighted by Gasteiger charge is -2.15. The molecule has 1 unspecified atom stereocenters. The summed E-state index contributed by atoms with van der Waals surface area (Å²) in [7, 11) is 2.90. The van der Waals surface area contributed by atoms with Crippen molar-refractivity contribution in [3.05, 3.63) is 63.2 Å². The average molecular weight is 345 g/mol. The summed E-state index contributed by atoms with van der Waals surface area (Å²) < 4.78 is 10.2. The number of carbonyl (C=O) groups is 1. The largest absolute Gasteiger partial charge is 0.496 e. The lowest BCUT2D eigenvalue weighted by molar-refractivity contribution is -0.385. The summed E-state index contributed by atoms with van der Waals surface area (Å²) in [5, 5.41) is 20.7. The van der Waals surface area contributed by atoms with Crippen molar-refractivity contribution in [3.8, 4) is 11.5 Å². The van der Waals surface area contributed by atoms with Crippen LogP contribution in [0.4, 0.5) is 5.69 Å². The van der Waals surface area contributed by atoms with Crippen molar-refractivity contribution in [1.29, 1.82) is 0 Å². The Bertz CT molecular complexity index is 802. The first-order valence-electron chi connectivity index (χ1n) is 7.56. The minimum absolute atomic E-state index is 0.131. The first-order chi connectivity index (χ1) is 11.9. The van der Waals surface area contributed by atoms with Crippen molar-refractivity contribution in [2.45, 2.75) is 19.3 Å². The van der Waals surface area contributed by atoms with Gasteiger partial charge in [0.2, 0.25) is 0 Å². The number of hydrogen-bond acceptors (Lipinski definition) is 5. The van der Waals surface area contributed by atoms with Gasteiger partial charge in [-0.1, -0.05) is 18.2 Å². The van der Waals surface area contributed by atoms with Crippen LogP contribution in [0.15, 0.2) is 36.4 Å². The summed E-state index contributed by atoms with van der Waals surface area (Å²) in [5.74, 6) is -1.01. The third-order valence-corrected chi connectivity index (χ3v) is 4.00. The van der Waals surface area contributed by atoms with E-state index in [0.29, 0.717) is 16.9 Å². The molecule has 7 heteroatoms. The highest BCUT2D eigenvalue weighted by atomic mass is 16.6. The van der Waals surface area contributed by atoms with Gasteiger partial charge in [-0.15, -0.1) is 0 Å². The predicted octanol–water partition coefficient (Wildman–Crippen LogP) is 3.33. The van der Waals surface area contributed by atoms with Crippen LogP contribution in [0.1, 0.15) is 22.6 Å². The maximum atomic E-state index is 11.7. The van der Waals surface area contributed by atoms with E-state index in [1.807, 2.05) is 6.92 Å². The number of carboxylic acid groups (broad SMARTS) is 1. The van der Waals surface area contributed by atoms with Gasteiger partial charge < -0.3 is 14.6 Å². The van der Waals surface area contributed by atoms with Gasteiger partial charge in [-0.3, -0.25) is 14.9 Å². The summed E-state index contributed by atoms with van der Waals surface area (Å²) in [6, 6.07) is 9.64. The Morgan fingerprint density at radius 1 is 1.16 bits per heavy atom. The second-order valence-corrected chi connectivity index (χ2v) is 5.59. The summed E-state index contributed by atoms with van der Waals surface area (Å²) in [6.07, 6.45) is 0.131. The van der Waals surface area contributed by atoms with Crippen molar-refractivity contribution in [2.75, 3.05) is 14.2 Å². The van der Waals surface area contributed by atoms with Gasteiger partial charge in [0.25, 0.3) is 0 Å². The van der Waals surface area contributed by atoms with E-state index in [1.165, 1.54) is 19.2 Å². The molecule has 0 aliphatic rings. The number of benzene rings is 2. The van der Waals surface area contributed by atoms with E-state index in [4.69, 9.17) is 9.47 Å².